The number of carbonyl (C=O) groups excluding carboxylic acids is 2. The van der Waals surface area contributed by atoms with E-state index in [1.54, 1.807) is 4.90 Å². The molecule has 3 N–H and O–H groups in total. The Morgan fingerprint density at radius 2 is 2.00 bits per heavy atom. The second-order valence-corrected chi connectivity index (χ2v) is 6.28. The molecule has 2 atom stereocenters. The number of anilines is 2. The van der Waals surface area contributed by atoms with Crippen molar-refractivity contribution in [1.82, 2.24) is 0 Å². The van der Waals surface area contributed by atoms with Crippen molar-refractivity contribution in [3.8, 4) is 0 Å². The van der Waals surface area contributed by atoms with Crippen LogP contribution in [0.3, 0.4) is 0 Å². The fourth-order valence-electron chi connectivity index (χ4n) is 3.42. The molecule has 0 aromatic heterocycles. The molecule has 1 aliphatic heterocycles. The summed E-state index contributed by atoms with van der Waals surface area (Å²) in [5, 5.41) is 3.01. The molecule has 1 aromatic carbocycles. The highest BCUT2D eigenvalue weighted by Crippen LogP contribution is 2.31. The summed E-state index contributed by atoms with van der Waals surface area (Å²) < 4.78 is 0. The van der Waals surface area contributed by atoms with Crippen LogP contribution in [0.25, 0.3) is 0 Å². The fourth-order valence-corrected chi connectivity index (χ4v) is 3.42. The molecule has 1 saturated carbocycles. The number of nitrogens with one attached hydrogen (secondary N) is 1. The number of hydrogen-bond acceptors (Lipinski definition) is 3. The van der Waals surface area contributed by atoms with Crippen LogP contribution in [-0.2, 0) is 9.59 Å². The van der Waals surface area contributed by atoms with E-state index in [4.69, 9.17) is 5.73 Å². The lowest BCUT2D eigenvalue weighted by Crippen LogP contribution is -2.34. The Morgan fingerprint density at radius 3 is 2.70 bits per heavy atom. The van der Waals surface area contributed by atoms with Crippen LogP contribution in [-0.4, -0.2) is 24.4 Å². The standard InChI is InChI=1S/C17H23N3O2.ClH/c18-13-6-3-5-12(11-13)17(22)19-14-7-1-2-8-15(14)20-10-4-9-16(20)21;/h1-2,7-8,12-13H,3-6,9-11,18H2,(H,19,22);1H. The highest BCUT2D eigenvalue weighted by Gasteiger charge is 2.28. The number of hydrogen-bond donors (Lipinski definition) is 2. The van der Waals surface area contributed by atoms with Gasteiger partial charge >= 0.3 is 0 Å². The summed E-state index contributed by atoms with van der Waals surface area (Å²) in [6.45, 7) is 0.722. The highest BCUT2D eigenvalue weighted by atomic mass is 35.5. The van der Waals surface area contributed by atoms with Crippen molar-refractivity contribution in [2.75, 3.05) is 16.8 Å². The van der Waals surface area contributed by atoms with Crippen LogP contribution in [0, 0.1) is 5.92 Å². The molecule has 0 bridgehead atoms. The number of halogens is 1. The second kappa shape index (κ2) is 7.79. The van der Waals surface area contributed by atoms with Crippen molar-refractivity contribution in [3.63, 3.8) is 0 Å². The van der Waals surface area contributed by atoms with Crippen LogP contribution < -0.4 is 16.0 Å². The molecule has 1 heterocycles. The Bertz CT molecular complexity index is 579. The Labute approximate surface area is 143 Å². The lowest BCUT2D eigenvalue weighted by molar-refractivity contribution is -0.121. The van der Waals surface area contributed by atoms with Crippen molar-refractivity contribution in [2.45, 2.75) is 44.6 Å². The van der Waals surface area contributed by atoms with Gasteiger partial charge in [-0.15, -0.1) is 12.4 Å². The van der Waals surface area contributed by atoms with Gasteiger partial charge in [0.05, 0.1) is 11.4 Å². The maximum atomic E-state index is 12.5. The number of amides is 2. The maximum Gasteiger partial charge on any atom is 0.227 e. The van der Waals surface area contributed by atoms with E-state index in [0.717, 1.165) is 50.0 Å². The molecule has 1 aliphatic carbocycles. The third-order valence-electron chi connectivity index (χ3n) is 4.61. The van der Waals surface area contributed by atoms with Crippen LogP contribution in [0.15, 0.2) is 24.3 Å². The molecular formula is C17H24ClN3O2. The minimum atomic E-state index is -0.0221. The average molecular weight is 338 g/mol. The van der Waals surface area contributed by atoms with Crippen LogP contribution >= 0.6 is 12.4 Å². The first kappa shape index (κ1) is 17.8. The quantitative estimate of drug-likeness (QED) is 0.890. The molecular weight excluding hydrogens is 314 g/mol. The Kier molecular flexibility index (Phi) is 6.02. The lowest BCUT2D eigenvalue weighted by Gasteiger charge is -2.26. The molecule has 1 saturated heterocycles. The zero-order valence-electron chi connectivity index (χ0n) is 13.2. The average Bonchev–Trinajstić information content (AvgIpc) is 2.94. The van der Waals surface area contributed by atoms with Crippen molar-refractivity contribution in [2.24, 2.45) is 11.7 Å². The zero-order valence-corrected chi connectivity index (χ0v) is 14.0. The fraction of sp³-hybridized carbons (Fsp3) is 0.529. The number of para-hydroxylation sites is 2. The monoisotopic (exact) mass is 337 g/mol. The highest BCUT2D eigenvalue weighted by molar-refractivity contribution is 6.02. The van der Waals surface area contributed by atoms with Crippen LogP contribution in [0.5, 0.6) is 0 Å². The van der Waals surface area contributed by atoms with E-state index in [9.17, 15) is 9.59 Å². The van der Waals surface area contributed by atoms with Crippen molar-refractivity contribution >= 4 is 35.6 Å². The lowest BCUT2D eigenvalue weighted by atomic mass is 9.85. The van der Waals surface area contributed by atoms with Gasteiger partial charge in [0.15, 0.2) is 0 Å². The topological polar surface area (TPSA) is 75.4 Å². The molecule has 2 aliphatic rings. The predicted molar refractivity (Wildman–Crippen MR) is 93.8 cm³/mol. The van der Waals surface area contributed by atoms with E-state index in [1.165, 1.54) is 0 Å². The van der Waals surface area contributed by atoms with Crippen LogP contribution in [0.1, 0.15) is 38.5 Å². The Hall–Kier alpha value is -1.59. The Balaban J connectivity index is 0.00000192. The Morgan fingerprint density at radius 1 is 1.22 bits per heavy atom. The first-order valence-corrected chi connectivity index (χ1v) is 8.11. The van der Waals surface area contributed by atoms with E-state index in [2.05, 4.69) is 5.32 Å². The molecule has 3 rings (SSSR count). The minimum absolute atomic E-state index is 0. The summed E-state index contributed by atoms with van der Waals surface area (Å²) in [6, 6.07) is 7.66. The molecule has 5 nitrogen and oxygen atoms in total. The van der Waals surface area contributed by atoms with E-state index in [1.807, 2.05) is 24.3 Å². The summed E-state index contributed by atoms with van der Waals surface area (Å²) in [5.41, 5.74) is 7.50. The largest absolute Gasteiger partial charge is 0.328 e. The summed E-state index contributed by atoms with van der Waals surface area (Å²) in [5.74, 6) is 0.127. The molecule has 2 unspecified atom stereocenters. The number of nitrogens with two attached hydrogens (primary N) is 1. The smallest absolute Gasteiger partial charge is 0.227 e. The van der Waals surface area contributed by atoms with E-state index in [0.29, 0.717) is 6.42 Å². The van der Waals surface area contributed by atoms with Crippen molar-refractivity contribution < 1.29 is 9.59 Å². The van der Waals surface area contributed by atoms with Gasteiger partial charge in [0.2, 0.25) is 11.8 Å². The van der Waals surface area contributed by atoms with Gasteiger partial charge in [-0.3, -0.25) is 9.59 Å². The number of nitrogens with zero attached hydrogens (tertiary/aromatic N) is 1. The third kappa shape index (κ3) is 4.03. The van der Waals surface area contributed by atoms with Gasteiger partial charge in [0.25, 0.3) is 0 Å². The summed E-state index contributed by atoms with van der Waals surface area (Å²) in [7, 11) is 0. The van der Waals surface area contributed by atoms with Gasteiger partial charge in [-0.05, 0) is 37.8 Å². The number of rotatable bonds is 3. The first-order valence-electron chi connectivity index (χ1n) is 8.11. The molecule has 23 heavy (non-hydrogen) atoms. The summed E-state index contributed by atoms with van der Waals surface area (Å²) in [4.78, 5) is 26.2. The van der Waals surface area contributed by atoms with Gasteiger partial charge in [0.1, 0.15) is 0 Å². The van der Waals surface area contributed by atoms with E-state index >= 15 is 0 Å². The van der Waals surface area contributed by atoms with E-state index < -0.39 is 0 Å². The second-order valence-electron chi connectivity index (χ2n) is 6.28. The van der Waals surface area contributed by atoms with Crippen LogP contribution in [0.2, 0.25) is 0 Å². The number of carbonyl (C=O) groups is 2. The minimum Gasteiger partial charge on any atom is -0.328 e. The first-order chi connectivity index (χ1) is 10.6. The zero-order chi connectivity index (χ0) is 15.5. The summed E-state index contributed by atoms with van der Waals surface area (Å²) in [6.07, 6.45) is 5.10. The van der Waals surface area contributed by atoms with Crippen molar-refractivity contribution in [3.05, 3.63) is 24.3 Å². The van der Waals surface area contributed by atoms with Crippen molar-refractivity contribution in [1.29, 1.82) is 0 Å². The normalized spacial score (nSPS) is 24.2. The third-order valence-corrected chi connectivity index (χ3v) is 4.61. The molecule has 2 fully saturated rings. The summed E-state index contributed by atoms with van der Waals surface area (Å²) >= 11 is 0. The molecule has 126 valence electrons. The van der Waals surface area contributed by atoms with Crippen LogP contribution in [0.4, 0.5) is 11.4 Å². The SMILES string of the molecule is Cl.NC1CCCC(C(=O)Nc2ccccc2N2CCCC2=O)C1. The molecule has 2 amide bonds. The van der Waals surface area contributed by atoms with Gasteiger partial charge in [-0.25, -0.2) is 0 Å². The molecule has 0 spiro atoms. The van der Waals surface area contributed by atoms with Gasteiger partial charge in [-0.2, -0.15) is 0 Å². The number of benzene rings is 1. The van der Waals surface area contributed by atoms with Gasteiger partial charge in [0, 0.05) is 24.9 Å². The van der Waals surface area contributed by atoms with Gasteiger partial charge < -0.3 is 16.0 Å². The maximum absolute atomic E-state index is 12.5. The van der Waals surface area contributed by atoms with Gasteiger partial charge in [-0.1, -0.05) is 18.6 Å². The van der Waals surface area contributed by atoms with E-state index in [-0.39, 0.29) is 36.2 Å². The molecule has 0 radical (unpaired) electrons. The predicted octanol–water partition coefficient (Wildman–Crippen LogP) is 2.69. The molecule has 1 aromatic rings. The molecule has 6 heteroatoms.